The van der Waals surface area contributed by atoms with Crippen molar-refractivity contribution in [3.8, 4) is 0 Å². The second-order valence-electron chi connectivity index (χ2n) is 5.32. The van der Waals surface area contributed by atoms with Crippen LogP contribution in [-0.4, -0.2) is 28.3 Å². The van der Waals surface area contributed by atoms with E-state index in [-0.39, 0.29) is 22.8 Å². The average Bonchev–Trinajstić information content (AvgIpc) is 2.42. The molecule has 0 amide bonds. The van der Waals surface area contributed by atoms with Gasteiger partial charge in [0.15, 0.2) is 11.6 Å². The SMILES string of the molecule is CS(C)(=O)=Nc1cc(Br)cc2c1C(=O)c1ccccc1C2=O. The molecular formula is C16H12BrNO3S. The van der Waals surface area contributed by atoms with Crippen molar-refractivity contribution >= 4 is 42.9 Å². The second kappa shape index (κ2) is 5.14. The van der Waals surface area contributed by atoms with Crippen LogP contribution in [0.25, 0.3) is 0 Å². The lowest BCUT2D eigenvalue weighted by Crippen LogP contribution is -2.21. The number of carbonyl (C=O) groups excluding carboxylic acids is 2. The van der Waals surface area contributed by atoms with E-state index in [0.29, 0.717) is 21.2 Å². The molecule has 112 valence electrons. The van der Waals surface area contributed by atoms with Crippen LogP contribution in [0.2, 0.25) is 0 Å². The molecule has 1 aliphatic rings. The van der Waals surface area contributed by atoms with Gasteiger partial charge in [0.2, 0.25) is 0 Å². The summed E-state index contributed by atoms with van der Waals surface area (Å²) in [5.41, 5.74) is 1.55. The minimum absolute atomic E-state index is 0.221. The molecule has 0 aromatic heterocycles. The molecule has 0 bridgehead atoms. The number of halogens is 1. The Labute approximate surface area is 136 Å². The van der Waals surface area contributed by atoms with E-state index in [2.05, 4.69) is 20.3 Å². The normalized spacial score (nSPS) is 13.6. The first-order chi connectivity index (χ1) is 10.3. The maximum Gasteiger partial charge on any atom is 0.196 e. The summed E-state index contributed by atoms with van der Waals surface area (Å²) in [5, 5.41) is 0. The van der Waals surface area contributed by atoms with Crippen molar-refractivity contribution in [3.63, 3.8) is 0 Å². The lowest BCUT2D eigenvalue weighted by atomic mass is 9.83. The molecule has 0 N–H and O–H groups in total. The molecule has 0 aliphatic heterocycles. The monoisotopic (exact) mass is 377 g/mol. The summed E-state index contributed by atoms with van der Waals surface area (Å²) >= 11 is 3.32. The topological polar surface area (TPSA) is 63.6 Å². The third-order valence-corrected chi connectivity index (χ3v) is 4.38. The summed E-state index contributed by atoms with van der Waals surface area (Å²) in [4.78, 5) is 25.4. The van der Waals surface area contributed by atoms with Crippen molar-refractivity contribution in [2.45, 2.75) is 0 Å². The van der Waals surface area contributed by atoms with Crippen LogP contribution in [0, 0.1) is 0 Å². The Morgan fingerprint density at radius 2 is 1.55 bits per heavy atom. The van der Waals surface area contributed by atoms with E-state index >= 15 is 0 Å². The Morgan fingerprint density at radius 3 is 2.14 bits per heavy atom. The molecule has 0 heterocycles. The van der Waals surface area contributed by atoms with E-state index in [9.17, 15) is 13.8 Å². The summed E-state index contributed by atoms with van der Waals surface area (Å²) in [7, 11) is -2.46. The molecule has 0 saturated carbocycles. The maximum absolute atomic E-state index is 12.8. The van der Waals surface area contributed by atoms with Gasteiger partial charge in [-0.1, -0.05) is 40.2 Å². The molecule has 6 heteroatoms. The molecule has 3 rings (SSSR count). The molecule has 4 nitrogen and oxygen atoms in total. The number of nitrogens with zero attached hydrogens (tertiary/aromatic N) is 1. The zero-order valence-corrected chi connectivity index (χ0v) is 14.3. The van der Waals surface area contributed by atoms with Crippen molar-refractivity contribution in [1.82, 2.24) is 0 Å². The molecule has 0 saturated heterocycles. The molecule has 22 heavy (non-hydrogen) atoms. The summed E-state index contributed by atoms with van der Waals surface area (Å²) in [6.45, 7) is 0. The van der Waals surface area contributed by atoms with Crippen molar-refractivity contribution in [2.24, 2.45) is 4.36 Å². The number of hydrogen-bond donors (Lipinski definition) is 0. The van der Waals surface area contributed by atoms with Crippen LogP contribution in [0.4, 0.5) is 5.69 Å². The number of rotatable bonds is 1. The Kier molecular flexibility index (Phi) is 3.53. The number of fused-ring (bicyclic) bond motifs is 2. The Bertz CT molecular complexity index is 948. The first kappa shape index (κ1) is 15.1. The zero-order valence-electron chi connectivity index (χ0n) is 11.9. The van der Waals surface area contributed by atoms with E-state index in [1.165, 1.54) is 12.5 Å². The van der Waals surface area contributed by atoms with Gasteiger partial charge in [-0.2, -0.15) is 4.36 Å². The van der Waals surface area contributed by atoms with Gasteiger partial charge in [0, 0.05) is 43.4 Å². The lowest BCUT2D eigenvalue weighted by molar-refractivity contribution is 0.0979. The van der Waals surface area contributed by atoms with Gasteiger partial charge in [-0.15, -0.1) is 0 Å². The van der Waals surface area contributed by atoms with Crippen molar-refractivity contribution < 1.29 is 13.8 Å². The highest BCUT2D eigenvalue weighted by molar-refractivity contribution is 9.10. The Hall–Kier alpha value is -1.79. The molecule has 0 spiro atoms. The highest BCUT2D eigenvalue weighted by Gasteiger charge is 2.32. The van der Waals surface area contributed by atoms with E-state index in [1.54, 1.807) is 36.4 Å². The number of benzene rings is 2. The van der Waals surface area contributed by atoms with Crippen LogP contribution < -0.4 is 0 Å². The van der Waals surface area contributed by atoms with E-state index in [4.69, 9.17) is 0 Å². The summed E-state index contributed by atoms with van der Waals surface area (Å²) in [6, 6.07) is 9.93. The minimum atomic E-state index is -2.46. The Balaban J connectivity index is 2.38. The van der Waals surface area contributed by atoms with Crippen LogP contribution in [0.5, 0.6) is 0 Å². The fraction of sp³-hybridized carbons (Fsp3) is 0.125. The van der Waals surface area contributed by atoms with E-state index in [0.717, 1.165) is 0 Å². The fourth-order valence-corrected chi connectivity index (χ4v) is 3.54. The highest BCUT2D eigenvalue weighted by Crippen LogP contribution is 2.36. The van der Waals surface area contributed by atoms with Gasteiger partial charge < -0.3 is 0 Å². The van der Waals surface area contributed by atoms with E-state index in [1.807, 2.05) is 0 Å². The molecule has 0 fully saturated rings. The molecule has 0 unspecified atom stereocenters. The van der Waals surface area contributed by atoms with Gasteiger partial charge in [0.1, 0.15) is 0 Å². The first-order valence-electron chi connectivity index (χ1n) is 6.47. The van der Waals surface area contributed by atoms with Gasteiger partial charge in [-0.05, 0) is 12.1 Å². The second-order valence-corrected chi connectivity index (χ2v) is 8.78. The van der Waals surface area contributed by atoms with Gasteiger partial charge in [0.05, 0.1) is 11.3 Å². The zero-order chi connectivity index (χ0) is 16.1. The maximum atomic E-state index is 12.8. The number of carbonyl (C=O) groups is 2. The van der Waals surface area contributed by atoms with Crippen LogP contribution >= 0.6 is 15.9 Å². The third-order valence-electron chi connectivity index (χ3n) is 3.29. The summed E-state index contributed by atoms with van der Waals surface area (Å²) in [6.07, 6.45) is 2.98. The van der Waals surface area contributed by atoms with Crippen molar-refractivity contribution in [1.29, 1.82) is 0 Å². The quantitative estimate of drug-likeness (QED) is 0.650. The predicted octanol–water partition coefficient (Wildman–Crippen LogP) is 3.58. The number of ketones is 2. The van der Waals surface area contributed by atoms with Crippen molar-refractivity contribution in [3.05, 3.63) is 63.1 Å². The van der Waals surface area contributed by atoms with Crippen LogP contribution in [0.15, 0.2) is 45.2 Å². The standard InChI is InChI=1S/C16H12BrNO3S/c1-22(2,21)18-13-8-9(17)7-12-14(13)16(20)11-6-4-3-5-10(11)15(12)19/h3-8H,1-2H3. The largest absolute Gasteiger partial charge is 0.289 e. The van der Waals surface area contributed by atoms with Crippen LogP contribution in [-0.2, 0) is 9.73 Å². The smallest absolute Gasteiger partial charge is 0.196 e. The molecule has 0 atom stereocenters. The van der Waals surface area contributed by atoms with Gasteiger partial charge in [0.25, 0.3) is 0 Å². The molecular weight excluding hydrogens is 366 g/mol. The van der Waals surface area contributed by atoms with Gasteiger partial charge >= 0.3 is 0 Å². The van der Waals surface area contributed by atoms with Crippen LogP contribution in [0.1, 0.15) is 31.8 Å². The van der Waals surface area contributed by atoms with Crippen LogP contribution in [0.3, 0.4) is 0 Å². The minimum Gasteiger partial charge on any atom is -0.289 e. The van der Waals surface area contributed by atoms with Gasteiger partial charge in [-0.3, -0.25) is 9.59 Å². The third kappa shape index (κ3) is 2.53. The van der Waals surface area contributed by atoms with E-state index < -0.39 is 9.73 Å². The summed E-state index contributed by atoms with van der Waals surface area (Å²) in [5.74, 6) is -0.484. The lowest BCUT2D eigenvalue weighted by Gasteiger charge is -2.19. The van der Waals surface area contributed by atoms with Gasteiger partial charge in [-0.25, -0.2) is 4.21 Å². The Morgan fingerprint density at radius 1 is 0.955 bits per heavy atom. The average molecular weight is 378 g/mol. The van der Waals surface area contributed by atoms with Crippen molar-refractivity contribution in [2.75, 3.05) is 12.5 Å². The number of hydrogen-bond acceptors (Lipinski definition) is 4. The fourth-order valence-electron chi connectivity index (χ4n) is 2.48. The molecule has 0 radical (unpaired) electrons. The molecule has 2 aromatic carbocycles. The molecule has 1 aliphatic carbocycles. The highest BCUT2D eigenvalue weighted by atomic mass is 79.9. The first-order valence-corrected chi connectivity index (χ1v) is 9.59. The summed E-state index contributed by atoms with van der Waals surface area (Å²) < 4.78 is 16.8. The molecule has 2 aromatic rings. The predicted molar refractivity (Wildman–Crippen MR) is 89.5 cm³/mol.